The van der Waals surface area contributed by atoms with Crippen LogP contribution in [-0.4, -0.2) is 10.2 Å². The molecule has 4 rings (SSSR count). The Balaban J connectivity index is 1.65. The topological polar surface area (TPSA) is 37.9 Å². The third-order valence-electron chi connectivity index (χ3n) is 4.81. The van der Waals surface area contributed by atoms with E-state index in [-0.39, 0.29) is 5.82 Å². The van der Waals surface area contributed by atoms with Crippen LogP contribution in [0, 0.1) is 12.7 Å². The summed E-state index contributed by atoms with van der Waals surface area (Å²) in [6.07, 6.45) is 0.830. The highest BCUT2D eigenvalue weighted by molar-refractivity contribution is 5.87. The quantitative estimate of drug-likeness (QED) is 0.487. The van der Waals surface area contributed by atoms with Gasteiger partial charge in [-0.1, -0.05) is 43.3 Å². The molecule has 0 aliphatic rings. The van der Waals surface area contributed by atoms with Crippen molar-refractivity contribution in [2.75, 3.05) is 0 Å². The van der Waals surface area contributed by atoms with E-state index in [9.17, 15) is 4.39 Å². The minimum Gasteiger partial charge on any atom is -0.489 e. The number of aromatic nitrogens is 2. The van der Waals surface area contributed by atoms with E-state index in [0.29, 0.717) is 17.5 Å². The molecule has 0 fully saturated rings. The van der Waals surface area contributed by atoms with Gasteiger partial charge in [-0.25, -0.2) is 4.39 Å². The van der Waals surface area contributed by atoms with Crippen molar-refractivity contribution in [1.82, 2.24) is 10.2 Å². The Morgan fingerprint density at radius 3 is 2.63 bits per heavy atom. The van der Waals surface area contributed by atoms with Crippen LogP contribution in [-0.2, 0) is 13.0 Å². The molecule has 1 heterocycles. The molecule has 3 nitrogen and oxygen atoms in total. The van der Waals surface area contributed by atoms with E-state index in [0.717, 1.165) is 40.1 Å². The Morgan fingerprint density at radius 1 is 1.04 bits per heavy atom. The predicted molar refractivity (Wildman–Crippen MR) is 106 cm³/mol. The average Bonchev–Trinajstić information content (AvgIpc) is 3.08. The zero-order chi connectivity index (χ0) is 18.8. The monoisotopic (exact) mass is 360 g/mol. The van der Waals surface area contributed by atoms with Gasteiger partial charge < -0.3 is 4.74 Å². The van der Waals surface area contributed by atoms with Crippen LogP contribution in [0.25, 0.3) is 22.0 Å². The van der Waals surface area contributed by atoms with Crippen LogP contribution < -0.4 is 4.74 Å². The molecule has 0 saturated carbocycles. The summed E-state index contributed by atoms with van der Waals surface area (Å²) in [6.45, 7) is 4.44. The van der Waals surface area contributed by atoms with Gasteiger partial charge in [0.25, 0.3) is 0 Å². The van der Waals surface area contributed by atoms with Gasteiger partial charge in [-0.2, -0.15) is 5.10 Å². The zero-order valence-corrected chi connectivity index (χ0v) is 15.4. The summed E-state index contributed by atoms with van der Waals surface area (Å²) in [4.78, 5) is 0. The normalized spacial score (nSPS) is 11.1. The van der Waals surface area contributed by atoms with E-state index in [1.54, 1.807) is 6.07 Å². The summed E-state index contributed by atoms with van der Waals surface area (Å²) in [5.41, 5.74) is 5.47. The second-order valence-electron chi connectivity index (χ2n) is 6.65. The highest BCUT2D eigenvalue weighted by Gasteiger charge is 2.13. The van der Waals surface area contributed by atoms with Crippen LogP contribution in [0.1, 0.15) is 23.7 Å². The number of ether oxygens (including phenoxy) is 1. The van der Waals surface area contributed by atoms with Crippen molar-refractivity contribution in [1.29, 1.82) is 0 Å². The van der Waals surface area contributed by atoms with Crippen molar-refractivity contribution in [3.63, 3.8) is 0 Å². The molecule has 0 atom stereocenters. The van der Waals surface area contributed by atoms with Gasteiger partial charge in [0.15, 0.2) is 0 Å². The minimum atomic E-state index is -0.250. The number of fused-ring (bicyclic) bond motifs is 1. The standard InChI is InChI=1S/C23H21FN2O/c1-3-17-11-19(27-14-16-7-5-4-6-8-16)9-10-20(17)18-12-21(24)23-15(2)25-26-22(23)13-18/h4-13H,3,14H2,1-2H3,(H,25,26). The number of benzene rings is 3. The largest absolute Gasteiger partial charge is 0.489 e. The number of H-pyrrole nitrogens is 1. The third kappa shape index (κ3) is 3.43. The van der Waals surface area contributed by atoms with Gasteiger partial charge >= 0.3 is 0 Å². The van der Waals surface area contributed by atoms with Crippen molar-refractivity contribution >= 4 is 10.9 Å². The van der Waals surface area contributed by atoms with E-state index in [1.807, 2.05) is 61.5 Å². The van der Waals surface area contributed by atoms with E-state index >= 15 is 0 Å². The van der Waals surface area contributed by atoms with Crippen LogP contribution in [0.5, 0.6) is 5.75 Å². The molecule has 136 valence electrons. The maximum absolute atomic E-state index is 14.6. The number of nitrogens with zero attached hydrogens (tertiary/aromatic N) is 1. The van der Waals surface area contributed by atoms with E-state index < -0.39 is 0 Å². The average molecular weight is 360 g/mol. The lowest BCUT2D eigenvalue weighted by atomic mass is 9.96. The summed E-state index contributed by atoms with van der Waals surface area (Å²) in [6, 6.07) is 19.6. The molecule has 0 spiro atoms. The van der Waals surface area contributed by atoms with Crippen molar-refractivity contribution in [2.45, 2.75) is 26.9 Å². The molecule has 0 amide bonds. The van der Waals surface area contributed by atoms with Crippen LogP contribution in [0.2, 0.25) is 0 Å². The molecule has 4 aromatic rings. The Morgan fingerprint density at radius 2 is 1.85 bits per heavy atom. The number of hydrogen-bond donors (Lipinski definition) is 1. The molecule has 1 N–H and O–H groups in total. The molecule has 0 saturated heterocycles. The smallest absolute Gasteiger partial charge is 0.135 e. The first-order valence-electron chi connectivity index (χ1n) is 9.10. The first-order chi connectivity index (χ1) is 13.2. The maximum atomic E-state index is 14.6. The highest BCUT2D eigenvalue weighted by Crippen LogP contribution is 2.32. The van der Waals surface area contributed by atoms with Gasteiger partial charge in [0.1, 0.15) is 18.2 Å². The number of aryl methyl sites for hydroxylation is 2. The zero-order valence-electron chi connectivity index (χ0n) is 15.4. The maximum Gasteiger partial charge on any atom is 0.135 e. The fourth-order valence-corrected chi connectivity index (χ4v) is 3.38. The molecule has 0 aliphatic heterocycles. The molecule has 0 unspecified atom stereocenters. The number of aromatic amines is 1. The molecule has 0 bridgehead atoms. The van der Waals surface area contributed by atoms with E-state index in [4.69, 9.17) is 4.74 Å². The van der Waals surface area contributed by atoms with Gasteiger partial charge in [0.2, 0.25) is 0 Å². The lowest BCUT2D eigenvalue weighted by Gasteiger charge is -2.12. The van der Waals surface area contributed by atoms with Gasteiger partial charge in [0, 0.05) is 5.69 Å². The first kappa shape index (κ1) is 17.3. The fourth-order valence-electron chi connectivity index (χ4n) is 3.38. The van der Waals surface area contributed by atoms with Crippen LogP contribution in [0.15, 0.2) is 60.7 Å². The molecular weight excluding hydrogens is 339 g/mol. The first-order valence-corrected chi connectivity index (χ1v) is 9.10. The summed E-state index contributed by atoms with van der Waals surface area (Å²) in [5, 5.41) is 7.62. The third-order valence-corrected chi connectivity index (χ3v) is 4.81. The molecule has 27 heavy (non-hydrogen) atoms. The molecule has 0 radical (unpaired) electrons. The van der Waals surface area contributed by atoms with Crippen molar-refractivity contribution in [2.24, 2.45) is 0 Å². The van der Waals surface area contributed by atoms with Gasteiger partial charge in [0.05, 0.1) is 10.9 Å². The van der Waals surface area contributed by atoms with Crippen molar-refractivity contribution in [3.8, 4) is 16.9 Å². The Kier molecular flexibility index (Phi) is 4.63. The lowest BCUT2D eigenvalue weighted by Crippen LogP contribution is -1.97. The SMILES string of the molecule is CCc1cc(OCc2ccccc2)ccc1-c1cc(F)c2c(C)[nH]nc2c1. The van der Waals surface area contributed by atoms with E-state index in [2.05, 4.69) is 17.1 Å². The van der Waals surface area contributed by atoms with Gasteiger partial charge in [-0.15, -0.1) is 0 Å². The van der Waals surface area contributed by atoms with Gasteiger partial charge in [-0.05, 0) is 59.9 Å². The second-order valence-corrected chi connectivity index (χ2v) is 6.65. The molecule has 1 aromatic heterocycles. The Hall–Kier alpha value is -3.14. The fraction of sp³-hybridized carbons (Fsp3) is 0.174. The number of hydrogen-bond acceptors (Lipinski definition) is 2. The Bertz CT molecular complexity index is 1090. The highest BCUT2D eigenvalue weighted by atomic mass is 19.1. The molecular formula is C23H21FN2O. The van der Waals surface area contributed by atoms with Crippen molar-refractivity contribution < 1.29 is 9.13 Å². The number of nitrogens with one attached hydrogen (secondary N) is 1. The van der Waals surface area contributed by atoms with Gasteiger partial charge in [-0.3, -0.25) is 5.10 Å². The second kappa shape index (κ2) is 7.23. The summed E-state index contributed by atoms with van der Waals surface area (Å²) >= 11 is 0. The number of rotatable bonds is 5. The molecule has 4 heteroatoms. The molecule has 0 aliphatic carbocycles. The summed E-state index contributed by atoms with van der Waals surface area (Å²) < 4.78 is 20.5. The number of halogens is 1. The summed E-state index contributed by atoms with van der Waals surface area (Å²) in [7, 11) is 0. The van der Waals surface area contributed by atoms with Crippen LogP contribution in [0.4, 0.5) is 4.39 Å². The lowest BCUT2D eigenvalue weighted by molar-refractivity contribution is 0.306. The molecule has 3 aromatic carbocycles. The van der Waals surface area contributed by atoms with Crippen LogP contribution in [0.3, 0.4) is 0 Å². The summed E-state index contributed by atoms with van der Waals surface area (Å²) in [5.74, 6) is 0.567. The Labute approximate surface area is 157 Å². The predicted octanol–water partition coefficient (Wildman–Crippen LogP) is 5.82. The minimum absolute atomic E-state index is 0.250. The van der Waals surface area contributed by atoms with Crippen LogP contribution >= 0.6 is 0 Å². The van der Waals surface area contributed by atoms with E-state index in [1.165, 1.54) is 0 Å². The van der Waals surface area contributed by atoms with Crippen molar-refractivity contribution in [3.05, 3.63) is 83.3 Å².